The van der Waals surface area contributed by atoms with Gasteiger partial charge in [-0.3, -0.25) is 47.4 Å². The monoisotopic (exact) mass is 1600 g/mol. The zero-order valence-corrected chi connectivity index (χ0v) is 64.8. The predicted molar refractivity (Wildman–Crippen MR) is 399 cm³/mol. The number of benzene rings is 4. The number of hydrogen-bond acceptors (Lipinski definition) is 20. The molecule has 9 rings (SSSR count). The Morgan fingerprint density at radius 3 is 2.05 bits per heavy atom. The molecule has 5 aromatic rings. The van der Waals surface area contributed by atoms with Gasteiger partial charge in [0, 0.05) is 109 Å². The number of allylic oxidation sites excluding steroid dienone is 7. The summed E-state index contributed by atoms with van der Waals surface area (Å²) in [5, 5.41) is 10.3. The first kappa shape index (κ1) is 84.4. The second-order valence-corrected chi connectivity index (χ2v) is 34.1. The van der Waals surface area contributed by atoms with Gasteiger partial charge in [-0.15, -0.1) is 0 Å². The van der Waals surface area contributed by atoms with Crippen molar-refractivity contribution < 1.29 is 108 Å². The van der Waals surface area contributed by atoms with Crippen LogP contribution in [0.5, 0.6) is 17.2 Å². The van der Waals surface area contributed by atoms with Gasteiger partial charge in [-0.2, -0.15) is 29.8 Å². The molecule has 0 unspecified atom stereocenters. The number of halogens is 2. The lowest BCUT2D eigenvalue weighted by atomic mass is 9.81. The highest BCUT2D eigenvalue weighted by molar-refractivity contribution is 7.86. The number of amides is 5. The summed E-state index contributed by atoms with van der Waals surface area (Å²) >= 11 is 0. The zero-order valence-electron chi connectivity index (χ0n) is 61.5. The van der Waals surface area contributed by atoms with E-state index >= 15 is 0 Å². The Balaban J connectivity index is 0.853. The minimum absolute atomic E-state index is 0.0170. The highest BCUT2D eigenvalue weighted by Crippen LogP contribution is 2.49. The Hall–Kier alpha value is -9.62. The van der Waals surface area contributed by atoms with Crippen molar-refractivity contribution in [2.24, 2.45) is 0 Å². The number of ether oxygens (including phenoxy) is 3. The molecule has 7 N–H and O–H groups in total. The van der Waals surface area contributed by atoms with Gasteiger partial charge in [0.2, 0.25) is 29.2 Å². The molecule has 1 saturated heterocycles. The van der Waals surface area contributed by atoms with E-state index in [1.807, 2.05) is 73.6 Å². The van der Waals surface area contributed by atoms with E-state index in [2.05, 4.69) is 26.3 Å². The molecule has 0 bridgehead atoms. The summed E-state index contributed by atoms with van der Waals surface area (Å²) < 4.78 is 187. The first-order valence-electron chi connectivity index (χ1n) is 35.2. The number of nitrogens with one attached hydrogen (secondary N) is 4. The van der Waals surface area contributed by atoms with Crippen LogP contribution in [0.4, 0.5) is 20.2 Å². The first-order chi connectivity index (χ1) is 51.6. The van der Waals surface area contributed by atoms with Gasteiger partial charge in [0.15, 0.2) is 5.71 Å². The van der Waals surface area contributed by atoms with Crippen molar-refractivity contribution in [2.45, 2.75) is 157 Å². The normalized spacial score (nSPS) is 17.8. The molecule has 4 aromatic carbocycles. The molecule has 2 atom stereocenters. The molecule has 0 spiro atoms. The summed E-state index contributed by atoms with van der Waals surface area (Å²) in [4.78, 5) is 85.5. The second kappa shape index (κ2) is 34.7. The van der Waals surface area contributed by atoms with E-state index < -0.39 is 129 Å². The van der Waals surface area contributed by atoms with Gasteiger partial charge >= 0.3 is 0 Å². The number of anilines is 1. The zero-order chi connectivity index (χ0) is 80.5. The van der Waals surface area contributed by atoms with Crippen molar-refractivity contribution in [2.75, 3.05) is 56.8 Å². The predicted octanol–water partition coefficient (Wildman–Crippen LogP) is 7.64. The average molecular weight is 1600 g/mol. The number of unbranched alkanes of at least 4 members (excludes halogenated alkanes) is 2. The van der Waals surface area contributed by atoms with Crippen LogP contribution in [0, 0.1) is 0 Å². The SMILES string of the molecule is COc1ccc(CNC(=O)C(=O)[C@@H]2CC(F)(F)CN2C(=O)[C@@H](C)NC(=O)c2ccnc(CNC(=O)CCC(=O)NCCc3ccc(OC4=C(/C=C/C5=[N+](CCCCS(=O)(=O)O)c6ccc(S(=O)(=O)O)cc6C5(C)C)CCC/C4=C\C=C4\N(CCCCS(=O)(=O)[O-])c5ccc(S(=O)(=O)O)cc5C4(C)C)cc3)c2)c(OC)c1. The highest BCUT2D eigenvalue weighted by atomic mass is 32.2. The van der Waals surface area contributed by atoms with Gasteiger partial charge in [0.05, 0.1) is 64.1 Å². The standard InChI is InChI=1S/C75H88F2N8O21S4/c1-47(72(91)85-46-75(76,77)43-62(85)68(88)71(90)81-44-52-17-22-55(104-6)40-63(52)105-7)82-70(89)51-32-34-78-53(39-51)45-80-67(87)30-29-66(86)79-33-31-48-15-20-54(21-16-48)106-69-49(18-27-64-73(2,3)58-41-56(109(98,99)100)23-25-60(58)83(64)35-8-10-37-107(92,93)94)13-12-14-50(69)19-28-65-74(4,5)59-42-57(110(101,102)103)24-26-61(59)84(65)36-9-11-38-108(95,96)97/h15-28,32,34,39-42,47,62H,8-14,29-31,33,35-38,43-46H2,1-7H3,(H7-,79,80,81,82,86,87,89,90,92,93,94,95,96,97,98,99,100,101,102,103)/t47-,62+/m1/s1. The molecule has 1 aliphatic carbocycles. The largest absolute Gasteiger partial charge is 0.748 e. The molecule has 4 heterocycles. The number of likely N-dealkylation sites (tertiary alicyclic amines) is 1. The highest BCUT2D eigenvalue weighted by Gasteiger charge is 2.52. The number of aromatic nitrogens is 1. The van der Waals surface area contributed by atoms with E-state index in [-0.39, 0.29) is 85.9 Å². The number of carbonyl (C=O) groups excluding carboxylic acids is 6. The molecule has 1 fully saturated rings. The van der Waals surface area contributed by atoms with Crippen LogP contribution in [0.2, 0.25) is 0 Å². The minimum atomic E-state index is -4.64. The van der Waals surface area contributed by atoms with Crippen molar-refractivity contribution in [3.8, 4) is 17.2 Å². The Morgan fingerprint density at radius 1 is 0.727 bits per heavy atom. The molecule has 592 valence electrons. The van der Waals surface area contributed by atoms with E-state index in [1.54, 1.807) is 42.5 Å². The van der Waals surface area contributed by atoms with Crippen LogP contribution in [0.15, 0.2) is 154 Å². The fourth-order valence-corrected chi connectivity index (χ4v) is 15.8. The summed E-state index contributed by atoms with van der Waals surface area (Å²) in [5.41, 5.74) is 4.74. The van der Waals surface area contributed by atoms with E-state index in [0.29, 0.717) is 99.5 Å². The summed E-state index contributed by atoms with van der Waals surface area (Å²) in [5.74, 6) is -8.28. The fourth-order valence-electron chi connectivity index (χ4n) is 13.7. The maximum Gasteiger partial charge on any atom is 0.294 e. The van der Waals surface area contributed by atoms with E-state index in [0.717, 1.165) is 16.7 Å². The Bertz CT molecular complexity index is 5060. The molecule has 1 aromatic heterocycles. The van der Waals surface area contributed by atoms with Crippen LogP contribution in [0.25, 0.3) is 0 Å². The van der Waals surface area contributed by atoms with Crippen molar-refractivity contribution in [1.29, 1.82) is 0 Å². The van der Waals surface area contributed by atoms with E-state index in [9.17, 15) is 89.4 Å². The van der Waals surface area contributed by atoms with Crippen LogP contribution < -0.4 is 40.4 Å². The third kappa shape index (κ3) is 21.5. The van der Waals surface area contributed by atoms with Gasteiger partial charge in [0.25, 0.3) is 48.1 Å². The topological polar surface area (TPSA) is 421 Å². The molecular formula is C75H88F2N8O21S4. The number of alkyl halides is 2. The molecule has 35 heteroatoms. The molecule has 29 nitrogen and oxygen atoms in total. The number of ketones is 1. The maximum atomic E-state index is 14.9. The number of hydrogen-bond donors (Lipinski definition) is 7. The molecule has 0 radical (unpaired) electrons. The number of methoxy groups -OCH3 is 2. The second-order valence-electron chi connectivity index (χ2n) is 28.1. The van der Waals surface area contributed by atoms with Gasteiger partial charge in [-0.25, -0.2) is 17.2 Å². The molecule has 5 amide bonds. The molecule has 110 heavy (non-hydrogen) atoms. The van der Waals surface area contributed by atoms with Crippen molar-refractivity contribution in [1.82, 2.24) is 31.2 Å². The summed E-state index contributed by atoms with van der Waals surface area (Å²) in [6, 6.07) is 19.6. The molecule has 4 aliphatic rings. The molecule has 3 aliphatic heterocycles. The number of Topliss-reactive ketones (excluding diaryl/α,β-unsaturated/α-hetero) is 1. The third-order valence-electron chi connectivity index (χ3n) is 19.5. The first-order valence-corrected chi connectivity index (χ1v) is 41.3. The van der Waals surface area contributed by atoms with Crippen LogP contribution in [0.3, 0.4) is 0 Å². The number of pyridine rings is 1. The fraction of sp³-hybridized carbons (Fsp3) is 0.413. The number of nitrogens with zero attached hydrogens (tertiary/aromatic N) is 4. The van der Waals surface area contributed by atoms with E-state index in [1.165, 1.54) is 63.7 Å². The molecular weight excluding hydrogens is 1520 g/mol. The van der Waals surface area contributed by atoms with Gasteiger partial charge < -0.3 is 49.8 Å². The van der Waals surface area contributed by atoms with Crippen LogP contribution in [-0.2, 0) is 94.8 Å². The van der Waals surface area contributed by atoms with Crippen LogP contribution in [0.1, 0.15) is 137 Å². The Morgan fingerprint density at radius 2 is 1.39 bits per heavy atom. The Labute approximate surface area is 637 Å². The lowest BCUT2D eigenvalue weighted by molar-refractivity contribution is -0.438. The van der Waals surface area contributed by atoms with Gasteiger partial charge in [-0.1, -0.05) is 32.1 Å². The Kier molecular flexibility index (Phi) is 26.7. The number of rotatable bonds is 34. The minimum Gasteiger partial charge on any atom is -0.748 e. The smallest absolute Gasteiger partial charge is 0.294 e. The van der Waals surface area contributed by atoms with E-state index in [4.69, 9.17) is 14.2 Å². The molecule has 0 saturated carbocycles. The van der Waals surface area contributed by atoms with Gasteiger partial charge in [-0.05, 0) is 167 Å². The van der Waals surface area contributed by atoms with Crippen molar-refractivity contribution in [3.63, 3.8) is 0 Å². The lowest BCUT2D eigenvalue weighted by Gasteiger charge is -2.27. The number of carbonyl (C=O) groups is 6. The quantitative estimate of drug-likeness (QED) is 0.00900. The van der Waals surface area contributed by atoms with Gasteiger partial charge in [0.1, 0.15) is 41.6 Å². The third-order valence-corrected chi connectivity index (χ3v) is 22.8. The summed E-state index contributed by atoms with van der Waals surface area (Å²) in [6.45, 7) is 7.81. The average Bonchev–Trinajstić information content (AvgIpc) is 1.59. The van der Waals surface area contributed by atoms with Crippen molar-refractivity contribution >= 4 is 92.9 Å². The number of fused-ring (bicyclic) bond motifs is 2. The maximum absolute atomic E-state index is 14.9. The summed E-state index contributed by atoms with van der Waals surface area (Å²) in [6.07, 6.45) is 9.89. The lowest BCUT2D eigenvalue weighted by Crippen LogP contribution is -2.52. The van der Waals surface area contributed by atoms with Crippen molar-refractivity contribution in [3.05, 3.63) is 178 Å². The summed E-state index contributed by atoms with van der Waals surface area (Å²) in [7, 11) is -15.2. The van der Waals surface area contributed by atoms with Crippen LogP contribution >= 0.6 is 0 Å². The van der Waals surface area contributed by atoms with Crippen LogP contribution in [-0.4, -0.2) is 177 Å².